The van der Waals surface area contributed by atoms with Crippen molar-refractivity contribution in [1.82, 2.24) is 19.6 Å². The molecular formula is C24H35ClN6O2. The van der Waals surface area contributed by atoms with Crippen LogP contribution in [0.25, 0.3) is 0 Å². The van der Waals surface area contributed by atoms with E-state index in [1.165, 1.54) is 15.9 Å². The number of hydrogen-bond acceptors (Lipinski definition) is 6. The number of morpholine rings is 1. The summed E-state index contributed by atoms with van der Waals surface area (Å²) in [5.41, 5.74) is 3.22. The fourth-order valence-corrected chi connectivity index (χ4v) is 4.13. The Balaban J connectivity index is 0.00000149. The number of benzene rings is 1. The Labute approximate surface area is 201 Å². The van der Waals surface area contributed by atoms with Crippen LogP contribution in [0.5, 0.6) is 0 Å². The van der Waals surface area contributed by atoms with Crippen LogP contribution >= 0.6 is 11.6 Å². The number of aromatic nitrogens is 2. The van der Waals surface area contributed by atoms with Gasteiger partial charge in [0.05, 0.1) is 13.2 Å². The minimum Gasteiger partial charge on any atom is -0.378 e. The quantitative estimate of drug-likeness (QED) is 0.702. The second-order valence-electron chi connectivity index (χ2n) is 7.97. The molecule has 2 aliphatic heterocycles. The highest BCUT2D eigenvalue weighted by Gasteiger charge is 2.24. The van der Waals surface area contributed by atoms with Crippen molar-refractivity contribution in [3.63, 3.8) is 0 Å². The highest BCUT2D eigenvalue weighted by molar-refractivity contribution is 6.30. The molecule has 2 aliphatic rings. The molecule has 2 aromatic rings. The Morgan fingerprint density at radius 1 is 1.12 bits per heavy atom. The van der Waals surface area contributed by atoms with Gasteiger partial charge < -0.3 is 19.9 Å². The average molecular weight is 475 g/mol. The van der Waals surface area contributed by atoms with E-state index in [1.807, 2.05) is 31.7 Å². The molecule has 0 atom stereocenters. The van der Waals surface area contributed by atoms with Crippen molar-refractivity contribution in [2.75, 3.05) is 62.7 Å². The number of allylic oxidation sites excluding steroid dienone is 1. The van der Waals surface area contributed by atoms with E-state index < -0.39 is 0 Å². The lowest BCUT2D eigenvalue weighted by Crippen LogP contribution is -2.49. The van der Waals surface area contributed by atoms with E-state index in [9.17, 15) is 4.79 Å². The molecule has 0 spiro atoms. The molecule has 3 heterocycles. The lowest BCUT2D eigenvalue weighted by molar-refractivity contribution is 0.122. The summed E-state index contributed by atoms with van der Waals surface area (Å²) in [6, 6.07) is 7.79. The van der Waals surface area contributed by atoms with Crippen LogP contribution in [-0.2, 0) is 11.3 Å². The Hall–Kier alpha value is -2.55. The van der Waals surface area contributed by atoms with Gasteiger partial charge in [-0.1, -0.05) is 38.1 Å². The van der Waals surface area contributed by atoms with Gasteiger partial charge in [-0.05, 0) is 24.6 Å². The van der Waals surface area contributed by atoms with E-state index >= 15 is 0 Å². The Morgan fingerprint density at radius 2 is 1.82 bits per heavy atom. The van der Waals surface area contributed by atoms with Crippen LogP contribution in [0.3, 0.4) is 0 Å². The fourth-order valence-electron chi connectivity index (χ4n) is 3.97. The largest absolute Gasteiger partial charge is 0.378 e. The Bertz CT molecular complexity index is 933. The number of anilines is 2. The predicted molar refractivity (Wildman–Crippen MR) is 134 cm³/mol. The van der Waals surface area contributed by atoms with Gasteiger partial charge in [0.1, 0.15) is 0 Å². The first kappa shape index (κ1) is 25.1. The molecule has 0 aliphatic carbocycles. The number of nitrogens with one attached hydrogen (secondary N) is 1. The number of halogens is 1. The molecular weight excluding hydrogens is 440 g/mol. The van der Waals surface area contributed by atoms with E-state index in [0.29, 0.717) is 18.9 Å². The summed E-state index contributed by atoms with van der Waals surface area (Å²) in [5, 5.41) is 8.07. The summed E-state index contributed by atoms with van der Waals surface area (Å²) in [7, 11) is 0. The second kappa shape index (κ2) is 12.1. The van der Waals surface area contributed by atoms with E-state index in [1.54, 1.807) is 12.3 Å². The number of amides is 1. The molecule has 2 fully saturated rings. The van der Waals surface area contributed by atoms with Gasteiger partial charge in [0.25, 0.3) is 0 Å². The summed E-state index contributed by atoms with van der Waals surface area (Å²) in [4.78, 5) is 19.4. The smallest absolute Gasteiger partial charge is 0.344 e. The number of piperazine rings is 1. The zero-order valence-corrected chi connectivity index (χ0v) is 20.6. The molecule has 1 N–H and O–H groups in total. The second-order valence-corrected chi connectivity index (χ2v) is 8.41. The van der Waals surface area contributed by atoms with Crippen molar-refractivity contribution in [2.45, 2.75) is 27.3 Å². The first-order valence-electron chi connectivity index (χ1n) is 11.6. The minimum atomic E-state index is -0.102. The van der Waals surface area contributed by atoms with Crippen LogP contribution in [0.2, 0.25) is 5.02 Å². The van der Waals surface area contributed by atoms with E-state index in [4.69, 9.17) is 16.3 Å². The predicted octanol–water partition coefficient (Wildman–Crippen LogP) is 4.13. The Morgan fingerprint density at radius 3 is 2.48 bits per heavy atom. The molecule has 1 aromatic carbocycles. The lowest BCUT2D eigenvalue weighted by Gasteiger charge is -2.36. The topological polar surface area (TPSA) is 65.9 Å². The number of carbonyl (C=O) groups excluding carboxylic acids is 1. The van der Waals surface area contributed by atoms with Crippen LogP contribution in [-0.4, -0.2) is 78.1 Å². The van der Waals surface area contributed by atoms with Gasteiger partial charge in [0.15, 0.2) is 5.82 Å². The standard InChI is InChI=1S/C22H29ClN6O2.C2H6/c1-17(2)24-21-5-6-29(25-21)22(30)28-9-7-26(8-10-28)16-18-3-4-19(23)15-20(18)27-11-13-31-14-12-27;1-2/h3-6,15H,1,7-14,16H2,2H3,(H,24,25);1-2H3. The number of nitrogens with zero attached hydrogens (tertiary/aromatic N) is 5. The summed E-state index contributed by atoms with van der Waals surface area (Å²) < 4.78 is 6.88. The van der Waals surface area contributed by atoms with Crippen LogP contribution < -0.4 is 10.2 Å². The monoisotopic (exact) mass is 474 g/mol. The first-order valence-corrected chi connectivity index (χ1v) is 12.0. The molecule has 0 bridgehead atoms. The van der Waals surface area contributed by atoms with Crippen LogP contribution in [0.4, 0.5) is 16.3 Å². The van der Waals surface area contributed by atoms with Gasteiger partial charge in [0, 0.05) is 74.5 Å². The molecule has 0 saturated carbocycles. The molecule has 2 saturated heterocycles. The first-order chi connectivity index (χ1) is 16.0. The third-order valence-corrected chi connectivity index (χ3v) is 5.80. The molecule has 8 nitrogen and oxygen atoms in total. The zero-order chi connectivity index (χ0) is 23.8. The minimum absolute atomic E-state index is 0.102. The SMILES string of the molecule is C=C(C)Nc1ccn(C(=O)N2CCN(Cc3ccc(Cl)cc3N3CCOCC3)CC2)n1.CC. The maximum absolute atomic E-state index is 12.8. The number of rotatable bonds is 5. The van der Waals surface area contributed by atoms with Crippen molar-refractivity contribution in [2.24, 2.45) is 0 Å². The highest BCUT2D eigenvalue weighted by Crippen LogP contribution is 2.27. The van der Waals surface area contributed by atoms with E-state index in [0.717, 1.165) is 56.7 Å². The summed E-state index contributed by atoms with van der Waals surface area (Å²) in [5.74, 6) is 0.623. The van der Waals surface area contributed by atoms with Gasteiger partial charge >= 0.3 is 6.03 Å². The molecule has 1 amide bonds. The van der Waals surface area contributed by atoms with Crippen LogP contribution in [0.1, 0.15) is 26.3 Å². The van der Waals surface area contributed by atoms with Crippen molar-refractivity contribution < 1.29 is 9.53 Å². The Kier molecular flexibility index (Phi) is 9.17. The summed E-state index contributed by atoms with van der Waals surface area (Å²) in [6.45, 7) is 16.7. The molecule has 1 aromatic heterocycles. The van der Waals surface area contributed by atoms with Crippen molar-refractivity contribution in [3.8, 4) is 0 Å². The van der Waals surface area contributed by atoms with Crippen molar-refractivity contribution >= 4 is 29.1 Å². The van der Waals surface area contributed by atoms with E-state index in [-0.39, 0.29) is 6.03 Å². The van der Waals surface area contributed by atoms with Gasteiger partial charge in [-0.15, -0.1) is 5.10 Å². The number of carbonyl (C=O) groups is 1. The van der Waals surface area contributed by atoms with Gasteiger partial charge in [-0.3, -0.25) is 4.90 Å². The average Bonchev–Trinajstić information content (AvgIpc) is 3.30. The third-order valence-electron chi connectivity index (χ3n) is 5.56. The third kappa shape index (κ3) is 6.72. The number of ether oxygens (including phenoxy) is 1. The molecule has 33 heavy (non-hydrogen) atoms. The highest BCUT2D eigenvalue weighted by atomic mass is 35.5. The van der Waals surface area contributed by atoms with Crippen LogP contribution in [0.15, 0.2) is 42.7 Å². The maximum atomic E-state index is 12.8. The van der Waals surface area contributed by atoms with E-state index in [2.05, 4.69) is 38.9 Å². The normalized spacial score (nSPS) is 16.7. The van der Waals surface area contributed by atoms with Crippen molar-refractivity contribution in [3.05, 3.63) is 53.3 Å². The van der Waals surface area contributed by atoms with Crippen LogP contribution in [0, 0.1) is 0 Å². The molecule has 4 rings (SSSR count). The van der Waals surface area contributed by atoms with Gasteiger partial charge in [-0.25, -0.2) is 4.79 Å². The summed E-state index contributed by atoms with van der Waals surface area (Å²) in [6.07, 6.45) is 1.68. The molecule has 9 heteroatoms. The van der Waals surface area contributed by atoms with Gasteiger partial charge in [0.2, 0.25) is 0 Å². The lowest BCUT2D eigenvalue weighted by atomic mass is 10.1. The summed E-state index contributed by atoms with van der Waals surface area (Å²) >= 11 is 6.29. The van der Waals surface area contributed by atoms with Crippen molar-refractivity contribution in [1.29, 1.82) is 0 Å². The van der Waals surface area contributed by atoms with Gasteiger partial charge in [-0.2, -0.15) is 4.68 Å². The fraction of sp³-hybridized carbons (Fsp3) is 0.500. The number of hydrogen-bond donors (Lipinski definition) is 1. The molecule has 0 unspecified atom stereocenters. The maximum Gasteiger partial charge on any atom is 0.344 e. The molecule has 0 radical (unpaired) electrons. The zero-order valence-electron chi connectivity index (χ0n) is 19.9. The molecule has 180 valence electrons.